The second-order valence-electron chi connectivity index (χ2n) is 9.35. The first kappa shape index (κ1) is 33.2. The molecule has 0 aliphatic rings. The standard InChI is InChI=1S/C31H28ClN7O4S2/c32-21-7-3-20(4-8-21)30-38-22(17-44-30)18-45-31-25(15-35)28(24(14-34)29(36)39-31)19-5-9-23(10-6-19)42-12-13-43-27(41)16-37-26(40)2-1-11-33/h3-10,17H,1-2,11-13,16,18,33H2,(H2,36,39)(H,37,40). The van der Waals surface area contributed by atoms with E-state index in [4.69, 9.17) is 37.5 Å². The summed E-state index contributed by atoms with van der Waals surface area (Å²) in [4.78, 5) is 32.4. The van der Waals surface area contributed by atoms with Gasteiger partial charge in [-0.05, 0) is 42.8 Å². The van der Waals surface area contributed by atoms with Gasteiger partial charge in [-0.3, -0.25) is 9.59 Å². The Morgan fingerprint density at radius 1 is 1.00 bits per heavy atom. The van der Waals surface area contributed by atoms with Gasteiger partial charge in [0.25, 0.3) is 0 Å². The average molecular weight is 662 g/mol. The van der Waals surface area contributed by atoms with Crippen LogP contribution in [0.2, 0.25) is 5.02 Å². The number of nitrogen functional groups attached to an aromatic ring is 1. The number of halogens is 1. The zero-order chi connectivity index (χ0) is 32.2. The number of hydrogen-bond donors (Lipinski definition) is 3. The van der Waals surface area contributed by atoms with E-state index >= 15 is 0 Å². The molecule has 1 amide bonds. The highest BCUT2D eigenvalue weighted by molar-refractivity contribution is 7.98. The van der Waals surface area contributed by atoms with Crippen LogP contribution in [0.3, 0.4) is 0 Å². The van der Waals surface area contributed by atoms with Gasteiger partial charge in [0.15, 0.2) is 0 Å². The summed E-state index contributed by atoms with van der Waals surface area (Å²) in [6.45, 7) is 0.230. The molecule has 230 valence electrons. The number of thiazole rings is 1. The average Bonchev–Trinajstić information content (AvgIpc) is 3.53. The molecule has 0 spiro atoms. The topological polar surface area (TPSA) is 190 Å². The number of aromatic nitrogens is 2. The fourth-order valence-electron chi connectivity index (χ4n) is 4.04. The van der Waals surface area contributed by atoms with Gasteiger partial charge in [0, 0.05) is 33.7 Å². The minimum Gasteiger partial charge on any atom is -0.490 e. The SMILES string of the molecule is N#Cc1c(N)nc(SCc2csc(-c3ccc(Cl)cc3)n2)c(C#N)c1-c1ccc(OCCOC(=O)CNC(=O)CCCN)cc1. The van der Waals surface area contributed by atoms with Crippen LogP contribution in [0.15, 0.2) is 58.9 Å². The number of hydrogen-bond acceptors (Lipinski definition) is 12. The summed E-state index contributed by atoms with van der Waals surface area (Å²) in [5, 5.41) is 26.3. The Labute approximate surface area is 273 Å². The first-order valence-corrected chi connectivity index (χ1v) is 15.9. The van der Waals surface area contributed by atoms with Crippen molar-refractivity contribution in [3.63, 3.8) is 0 Å². The fourth-order valence-corrected chi connectivity index (χ4v) is 5.98. The molecular weight excluding hydrogens is 634 g/mol. The van der Waals surface area contributed by atoms with Gasteiger partial charge in [0.05, 0.1) is 11.3 Å². The summed E-state index contributed by atoms with van der Waals surface area (Å²) in [6.07, 6.45) is 0.790. The predicted molar refractivity (Wildman–Crippen MR) is 173 cm³/mol. The molecule has 0 aliphatic heterocycles. The van der Waals surface area contributed by atoms with Gasteiger partial charge in [-0.15, -0.1) is 11.3 Å². The van der Waals surface area contributed by atoms with Crippen molar-refractivity contribution in [1.82, 2.24) is 15.3 Å². The van der Waals surface area contributed by atoms with Crippen LogP contribution in [0, 0.1) is 22.7 Å². The van der Waals surface area contributed by atoms with Gasteiger partial charge in [-0.1, -0.05) is 47.6 Å². The van der Waals surface area contributed by atoms with Crippen LogP contribution in [0.5, 0.6) is 5.75 Å². The lowest BCUT2D eigenvalue weighted by atomic mass is 9.97. The summed E-state index contributed by atoms with van der Waals surface area (Å²) in [5.74, 6) is 0.0983. The Hall–Kier alpha value is -4.66. The summed E-state index contributed by atoms with van der Waals surface area (Å²) in [6, 6.07) is 18.5. The highest BCUT2D eigenvalue weighted by Gasteiger charge is 2.21. The lowest BCUT2D eigenvalue weighted by molar-refractivity contribution is -0.144. The second kappa shape index (κ2) is 16.4. The maximum Gasteiger partial charge on any atom is 0.325 e. The van der Waals surface area contributed by atoms with Crippen molar-refractivity contribution >= 4 is 52.4 Å². The number of carbonyl (C=O) groups excluding carboxylic acids is 2. The molecule has 14 heteroatoms. The number of thioether (sulfide) groups is 1. The lowest BCUT2D eigenvalue weighted by Gasteiger charge is -2.13. The van der Waals surface area contributed by atoms with Gasteiger partial charge in [-0.25, -0.2) is 9.97 Å². The van der Waals surface area contributed by atoms with Gasteiger partial charge >= 0.3 is 5.97 Å². The van der Waals surface area contributed by atoms with Crippen LogP contribution in [-0.4, -0.2) is 48.1 Å². The van der Waals surface area contributed by atoms with E-state index in [1.165, 1.54) is 23.1 Å². The molecule has 4 aromatic rings. The fraction of sp³-hybridized carbons (Fsp3) is 0.226. The van der Waals surface area contributed by atoms with Crippen LogP contribution in [0.25, 0.3) is 21.7 Å². The summed E-state index contributed by atoms with van der Waals surface area (Å²) in [5.41, 5.74) is 14.6. The number of benzene rings is 2. The molecule has 0 saturated carbocycles. The normalized spacial score (nSPS) is 10.5. The van der Waals surface area contributed by atoms with Crippen molar-refractivity contribution in [3.8, 4) is 39.6 Å². The molecule has 4 rings (SSSR count). The zero-order valence-corrected chi connectivity index (χ0v) is 26.3. The van der Waals surface area contributed by atoms with Crippen molar-refractivity contribution in [2.45, 2.75) is 23.6 Å². The molecule has 5 N–H and O–H groups in total. The number of rotatable bonds is 14. The van der Waals surface area contributed by atoms with Gasteiger partial charge in [0.1, 0.15) is 59.1 Å². The zero-order valence-electron chi connectivity index (χ0n) is 23.9. The van der Waals surface area contributed by atoms with Crippen molar-refractivity contribution in [1.29, 1.82) is 10.5 Å². The summed E-state index contributed by atoms with van der Waals surface area (Å²) in [7, 11) is 0. The number of amides is 1. The molecular formula is C31H28ClN7O4S2. The van der Waals surface area contributed by atoms with Crippen molar-refractivity contribution in [2.75, 3.05) is 32.0 Å². The van der Waals surface area contributed by atoms with E-state index in [9.17, 15) is 20.1 Å². The van der Waals surface area contributed by atoms with Crippen molar-refractivity contribution < 1.29 is 19.1 Å². The molecule has 2 aromatic heterocycles. The van der Waals surface area contributed by atoms with Gasteiger partial charge in [-0.2, -0.15) is 10.5 Å². The maximum absolute atomic E-state index is 11.8. The minimum absolute atomic E-state index is 0.0158. The van der Waals surface area contributed by atoms with Crippen LogP contribution in [0.4, 0.5) is 5.82 Å². The monoisotopic (exact) mass is 661 g/mol. The molecule has 11 nitrogen and oxygen atoms in total. The lowest BCUT2D eigenvalue weighted by Crippen LogP contribution is -2.31. The number of pyridine rings is 1. The Balaban J connectivity index is 1.39. The van der Waals surface area contributed by atoms with E-state index < -0.39 is 5.97 Å². The Morgan fingerprint density at radius 3 is 2.40 bits per heavy atom. The summed E-state index contributed by atoms with van der Waals surface area (Å²) >= 11 is 8.81. The number of esters is 1. The largest absolute Gasteiger partial charge is 0.490 e. The van der Waals surface area contributed by atoms with Crippen LogP contribution >= 0.6 is 34.7 Å². The number of nitrogens with one attached hydrogen (secondary N) is 1. The quantitative estimate of drug-likeness (QED) is 0.0944. The molecule has 0 atom stereocenters. The van der Waals surface area contributed by atoms with E-state index in [1.54, 1.807) is 24.3 Å². The van der Waals surface area contributed by atoms with E-state index in [-0.39, 0.29) is 49.0 Å². The number of carbonyl (C=O) groups is 2. The van der Waals surface area contributed by atoms with Crippen molar-refractivity contribution in [3.05, 3.63) is 75.8 Å². The molecule has 0 unspecified atom stereocenters. The number of nitrogens with two attached hydrogens (primary N) is 2. The van der Waals surface area contributed by atoms with Crippen molar-refractivity contribution in [2.24, 2.45) is 5.73 Å². The third-order valence-corrected chi connectivity index (χ3v) is 8.41. The number of nitriles is 2. The molecule has 2 heterocycles. The third-order valence-electron chi connectivity index (χ3n) is 6.21. The molecule has 2 aromatic carbocycles. The molecule has 0 fully saturated rings. The maximum atomic E-state index is 11.8. The van der Waals surface area contributed by atoms with E-state index in [0.29, 0.717) is 45.6 Å². The van der Waals surface area contributed by atoms with Gasteiger partial charge in [0.2, 0.25) is 5.91 Å². The Bertz CT molecular complexity index is 1730. The minimum atomic E-state index is -0.580. The second-order valence-corrected chi connectivity index (χ2v) is 11.6. The highest BCUT2D eigenvalue weighted by Crippen LogP contribution is 2.37. The van der Waals surface area contributed by atoms with E-state index in [1.807, 2.05) is 29.6 Å². The molecule has 0 saturated heterocycles. The van der Waals surface area contributed by atoms with Gasteiger partial charge < -0.3 is 26.3 Å². The first-order valence-electron chi connectivity index (χ1n) is 13.6. The molecule has 0 aliphatic carbocycles. The smallest absolute Gasteiger partial charge is 0.325 e. The highest BCUT2D eigenvalue weighted by atomic mass is 35.5. The molecule has 0 radical (unpaired) electrons. The van der Waals surface area contributed by atoms with Crippen LogP contribution in [-0.2, 0) is 20.1 Å². The number of nitrogens with zero attached hydrogens (tertiary/aromatic N) is 4. The number of anilines is 1. The van der Waals surface area contributed by atoms with E-state index in [2.05, 4.69) is 22.4 Å². The number of ether oxygens (including phenoxy) is 2. The Kier molecular flexibility index (Phi) is 12.1. The molecule has 45 heavy (non-hydrogen) atoms. The third kappa shape index (κ3) is 9.17. The van der Waals surface area contributed by atoms with E-state index in [0.717, 1.165) is 16.3 Å². The summed E-state index contributed by atoms with van der Waals surface area (Å²) < 4.78 is 10.7. The molecule has 0 bridgehead atoms. The predicted octanol–water partition coefficient (Wildman–Crippen LogP) is 4.92. The first-order chi connectivity index (χ1) is 21.8. The van der Waals surface area contributed by atoms with Crippen LogP contribution < -0.4 is 21.5 Å². The van der Waals surface area contributed by atoms with Crippen LogP contribution in [0.1, 0.15) is 29.7 Å². The Morgan fingerprint density at radius 2 is 1.71 bits per heavy atom.